The highest BCUT2D eigenvalue weighted by molar-refractivity contribution is 7.82. The van der Waals surface area contributed by atoms with Gasteiger partial charge in [0.2, 0.25) is 16.3 Å². The lowest BCUT2D eigenvalue weighted by molar-refractivity contribution is 0.590. The van der Waals surface area contributed by atoms with Crippen LogP contribution in [0.2, 0.25) is 0 Å². The van der Waals surface area contributed by atoms with E-state index in [1.807, 2.05) is 11.4 Å². The summed E-state index contributed by atoms with van der Waals surface area (Å²) in [4.78, 5) is 1.32. The molecule has 0 amide bonds. The van der Waals surface area contributed by atoms with Crippen molar-refractivity contribution in [3.05, 3.63) is 111 Å². The lowest BCUT2D eigenvalue weighted by atomic mass is 9.85. The summed E-state index contributed by atoms with van der Waals surface area (Å²) in [6, 6.07) is 23.9. The molecule has 0 saturated heterocycles. The minimum absolute atomic E-state index is 0.0199. The Kier molecular flexibility index (Phi) is 7.46. The zero-order valence-corrected chi connectivity index (χ0v) is 28.7. The highest BCUT2D eigenvalue weighted by atomic mass is 32.1. The maximum Gasteiger partial charge on any atom is 0.239 e. The van der Waals surface area contributed by atoms with Gasteiger partial charge in [0, 0.05) is 12.2 Å². The summed E-state index contributed by atoms with van der Waals surface area (Å²) in [5.41, 5.74) is 15.1. The molecule has 0 fully saturated rings. The van der Waals surface area contributed by atoms with Crippen LogP contribution in [0.3, 0.4) is 0 Å². The van der Waals surface area contributed by atoms with E-state index < -0.39 is 0 Å². The molecule has 0 saturated carbocycles. The molecule has 5 rings (SSSR count). The normalized spacial score (nSPS) is 14.4. The first-order valence-electron chi connectivity index (χ1n) is 15.4. The van der Waals surface area contributed by atoms with Gasteiger partial charge in [-0.3, -0.25) is 0 Å². The summed E-state index contributed by atoms with van der Waals surface area (Å²) < 4.78 is 0. The number of hydrogen-bond acceptors (Lipinski definition) is 0. The lowest BCUT2D eigenvalue weighted by Gasteiger charge is -2.19. The third-order valence-corrected chi connectivity index (χ3v) is 9.58. The maximum absolute atomic E-state index is 2.50. The summed E-state index contributed by atoms with van der Waals surface area (Å²) >= 11 is 1.84. The van der Waals surface area contributed by atoms with Gasteiger partial charge < -0.3 is 0 Å². The van der Waals surface area contributed by atoms with Gasteiger partial charge in [-0.05, 0) is 89.4 Å². The van der Waals surface area contributed by atoms with Crippen molar-refractivity contribution in [3.63, 3.8) is 0 Å². The molecule has 1 aliphatic heterocycles. The SMILES string of the molecule is CC(C)(C)c1ccc2c(C(=C3C=CC=[S+]3)c3cc(C(C)(C)C)c4ccc(C(C)(C)C)ccc3-4)cc(C(C)(C)C)c-2cc1. The first-order chi connectivity index (χ1) is 19.4. The van der Waals surface area contributed by atoms with E-state index in [1.165, 1.54) is 66.1 Å². The Balaban J connectivity index is 1.90. The molecule has 0 N–H and O–H groups in total. The summed E-state index contributed by atoms with van der Waals surface area (Å²) in [6.07, 6.45) is 4.50. The molecule has 0 aromatic rings. The Morgan fingerprint density at radius 3 is 1.17 bits per heavy atom. The number of hydrogen-bond donors (Lipinski definition) is 0. The second kappa shape index (κ2) is 10.3. The summed E-state index contributed by atoms with van der Waals surface area (Å²) in [7, 11) is 0. The first kappa shape index (κ1) is 30.4. The van der Waals surface area contributed by atoms with Crippen molar-refractivity contribution in [2.75, 3.05) is 0 Å². The molecule has 1 heterocycles. The van der Waals surface area contributed by atoms with Crippen LogP contribution in [0.25, 0.3) is 27.8 Å². The van der Waals surface area contributed by atoms with Crippen LogP contribution in [-0.2, 0) is 33.0 Å². The topological polar surface area (TPSA) is 0 Å². The van der Waals surface area contributed by atoms with Crippen molar-refractivity contribution in [2.24, 2.45) is 0 Å². The zero-order valence-electron chi connectivity index (χ0n) is 27.9. The van der Waals surface area contributed by atoms with E-state index in [2.05, 4.69) is 161 Å². The minimum atomic E-state index is 0.0199. The molecule has 5 aliphatic rings. The second-order valence-corrected chi connectivity index (χ2v) is 17.1. The van der Waals surface area contributed by atoms with Gasteiger partial charge in [-0.15, -0.1) is 0 Å². The van der Waals surface area contributed by atoms with E-state index in [0.717, 1.165) is 0 Å². The molecule has 218 valence electrons. The largest absolute Gasteiger partial charge is 0.239 e. The molecule has 0 aromatic heterocycles. The molecular formula is C41H49S+. The monoisotopic (exact) mass is 573 g/mol. The molecule has 1 heteroatoms. The van der Waals surface area contributed by atoms with Crippen molar-refractivity contribution in [3.8, 4) is 22.3 Å². The summed E-state index contributed by atoms with van der Waals surface area (Å²) in [5.74, 6) is 0. The van der Waals surface area contributed by atoms with Gasteiger partial charge in [-0.25, -0.2) is 0 Å². The predicted molar refractivity (Wildman–Crippen MR) is 190 cm³/mol. The molecular weight excluding hydrogens is 525 g/mol. The van der Waals surface area contributed by atoms with Crippen LogP contribution in [0.5, 0.6) is 0 Å². The standard InChI is InChI=1S/C41H49S/c1-38(2,3)26-15-19-28-30(21-17-26)34(40(7,8)9)24-32(28)37(36-14-13-23-42-36)33-25-35(41(10,11)12)31-22-18-27(39(4,5)6)16-20-29(31)33/h13-25H,1-12H3/q+1. The van der Waals surface area contributed by atoms with Gasteiger partial charge in [-0.1, -0.05) is 132 Å². The Bertz CT molecular complexity index is 1550. The van der Waals surface area contributed by atoms with Crippen LogP contribution in [0.15, 0.2) is 77.7 Å². The highest BCUT2D eigenvalue weighted by Crippen LogP contribution is 2.49. The van der Waals surface area contributed by atoms with Crippen molar-refractivity contribution in [1.29, 1.82) is 0 Å². The van der Waals surface area contributed by atoms with E-state index in [-0.39, 0.29) is 21.7 Å². The molecule has 0 atom stereocenters. The van der Waals surface area contributed by atoms with Crippen LogP contribution in [0.1, 0.15) is 116 Å². The number of rotatable bonds is 2. The van der Waals surface area contributed by atoms with Crippen molar-refractivity contribution >= 4 is 22.3 Å². The molecule has 0 radical (unpaired) electrons. The Morgan fingerprint density at radius 1 is 0.476 bits per heavy atom. The predicted octanol–water partition coefficient (Wildman–Crippen LogP) is 11.3. The van der Waals surface area contributed by atoms with Gasteiger partial charge in [0.15, 0.2) is 5.37 Å². The molecule has 0 aromatic carbocycles. The lowest BCUT2D eigenvalue weighted by Crippen LogP contribution is -2.10. The van der Waals surface area contributed by atoms with Crippen molar-refractivity contribution in [2.45, 2.75) is 105 Å². The fourth-order valence-corrected chi connectivity index (χ4v) is 6.99. The molecule has 0 unspecified atom stereocenters. The fourth-order valence-electron chi connectivity index (χ4n) is 6.19. The molecule has 0 spiro atoms. The smallest absolute Gasteiger partial charge is 0.0579 e. The fraction of sp³-hybridized carbons (Fsp3) is 0.390. The molecule has 0 nitrogen and oxygen atoms in total. The van der Waals surface area contributed by atoms with E-state index in [0.29, 0.717) is 0 Å². The molecule has 4 aliphatic carbocycles. The van der Waals surface area contributed by atoms with Crippen molar-refractivity contribution in [1.82, 2.24) is 0 Å². The van der Waals surface area contributed by atoms with Gasteiger partial charge in [0.25, 0.3) is 0 Å². The minimum Gasteiger partial charge on any atom is -0.0579 e. The van der Waals surface area contributed by atoms with Crippen LogP contribution >= 0.6 is 0 Å². The van der Waals surface area contributed by atoms with Crippen molar-refractivity contribution < 1.29 is 0 Å². The van der Waals surface area contributed by atoms with E-state index in [1.54, 1.807) is 0 Å². The van der Waals surface area contributed by atoms with Crippen LogP contribution in [-0.4, -0.2) is 5.37 Å². The Labute approximate surface area is 259 Å². The highest BCUT2D eigenvalue weighted by Gasteiger charge is 2.33. The third kappa shape index (κ3) is 5.66. The van der Waals surface area contributed by atoms with E-state index in [9.17, 15) is 0 Å². The molecule has 42 heavy (non-hydrogen) atoms. The first-order valence-corrected chi connectivity index (χ1v) is 16.3. The number of allylic oxidation sites excluding steroid dienone is 2. The zero-order chi connectivity index (χ0) is 30.8. The summed E-state index contributed by atoms with van der Waals surface area (Å²) in [6.45, 7) is 27.9. The average Bonchev–Trinajstić information content (AvgIpc) is 3.49. The Morgan fingerprint density at radius 2 is 0.857 bits per heavy atom. The number of fused-ring (bicyclic) bond motifs is 2. The average molecular weight is 574 g/mol. The quantitative estimate of drug-likeness (QED) is 0.165. The molecule has 0 bridgehead atoms. The third-order valence-electron chi connectivity index (χ3n) is 8.69. The van der Waals surface area contributed by atoms with Crippen LogP contribution < -0.4 is 0 Å². The van der Waals surface area contributed by atoms with Gasteiger partial charge in [0.1, 0.15) is 0 Å². The Hall–Kier alpha value is -3.03. The van der Waals surface area contributed by atoms with Gasteiger partial charge in [0.05, 0.1) is 5.57 Å². The van der Waals surface area contributed by atoms with Crippen LogP contribution in [0.4, 0.5) is 0 Å². The van der Waals surface area contributed by atoms with Gasteiger partial charge >= 0.3 is 0 Å². The summed E-state index contributed by atoms with van der Waals surface area (Å²) in [5, 5.41) is 2.22. The second-order valence-electron chi connectivity index (χ2n) is 16.2. The van der Waals surface area contributed by atoms with Gasteiger partial charge in [-0.2, -0.15) is 0 Å². The van der Waals surface area contributed by atoms with E-state index >= 15 is 0 Å². The van der Waals surface area contributed by atoms with Crippen LogP contribution in [0, 0.1) is 0 Å². The maximum atomic E-state index is 2.50. The van der Waals surface area contributed by atoms with E-state index in [4.69, 9.17) is 0 Å².